The molecule has 4 heteroatoms. The average molecular weight is 249 g/mol. The van der Waals surface area contributed by atoms with Crippen molar-refractivity contribution in [1.29, 1.82) is 0 Å². The zero-order chi connectivity index (χ0) is 13.2. The van der Waals surface area contributed by atoms with Crippen molar-refractivity contribution in [1.82, 2.24) is 0 Å². The van der Waals surface area contributed by atoms with Gasteiger partial charge in [0, 0.05) is 18.8 Å². The summed E-state index contributed by atoms with van der Waals surface area (Å²) in [5.41, 5.74) is 1.26. The number of para-hydroxylation sites is 1. The maximum atomic E-state index is 10.7. The summed E-state index contributed by atoms with van der Waals surface area (Å²) in [7, 11) is 0. The minimum atomic E-state index is -1.09. The Morgan fingerprint density at radius 1 is 1.44 bits per heavy atom. The van der Waals surface area contributed by atoms with Crippen LogP contribution in [-0.4, -0.2) is 34.9 Å². The van der Waals surface area contributed by atoms with Gasteiger partial charge in [-0.25, -0.2) is 0 Å². The molecule has 0 aromatic heterocycles. The van der Waals surface area contributed by atoms with Crippen molar-refractivity contribution in [2.75, 3.05) is 18.0 Å². The van der Waals surface area contributed by atoms with Crippen LogP contribution in [0.5, 0.6) is 0 Å². The van der Waals surface area contributed by atoms with Crippen molar-refractivity contribution in [3.8, 4) is 0 Å². The van der Waals surface area contributed by atoms with Crippen LogP contribution in [0.4, 0.5) is 5.69 Å². The number of aliphatic carboxylic acids is 1. The second-order valence-electron chi connectivity index (χ2n) is 4.95. The van der Waals surface area contributed by atoms with Crippen LogP contribution in [0.3, 0.4) is 0 Å². The molecular formula is C14H19NO3. The van der Waals surface area contributed by atoms with Gasteiger partial charge in [-0.2, -0.15) is 0 Å². The van der Waals surface area contributed by atoms with Crippen LogP contribution in [0.2, 0.25) is 0 Å². The molecule has 0 spiro atoms. The van der Waals surface area contributed by atoms with Gasteiger partial charge in [0.25, 0.3) is 0 Å². The van der Waals surface area contributed by atoms with Crippen molar-refractivity contribution in [3.63, 3.8) is 0 Å². The SMILES string of the molecule is CCc1ccccc1N1CCC(O)(CC(=O)O)C1. The van der Waals surface area contributed by atoms with Crippen molar-refractivity contribution in [2.24, 2.45) is 0 Å². The predicted octanol–water partition coefficient (Wildman–Crippen LogP) is 1.66. The van der Waals surface area contributed by atoms with Gasteiger partial charge in [-0.1, -0.05) is 25.1 Å². The van der Waals surface area contributed by atoms with Gasteiger partial charge >= 0.3 is 5.97 Å². The number of β-amino-alcohol motifs (C(OH)–C–C–N with tert-alkyl or cyclic N) is 1. The molecule has 4 nitrogen and oxygen atoms in total. The van der Waals surface area contributed by atoms with E-state index in [-0.39, 0.29) is 6.42 Å². The quantitative estimate of drug-likeness (QED) is 0.852. The minimum Gasteiger partial charge on any atom is -0.481 e. The molecule has 2 rings (SSSR count). The highest BCUT2D eigenvalue weighted by atomic mass is 16.4. The van der Waals surface area contributed by atoms with Crippen molar-refractivity contribution in [3.05, 3.63) is 29.8 Å². The Kier molecular flexibility index (Phi) is 3.57. The van der Waals surface area contributed by atoms with E-state index in [4.69, 9.17) is 5.11 Å². The summed E-state index contributed by atoms with van der Waals surface area (Å²) in [6.07, 6.45) is 1.26. The molecule has 1 aromatic carbocycles. The molecule has 1 aliphatic heterocycles. The lowest BCUT2D eigenvalue weighted by Gasteiger charge is -2.24. The molecule has 1 aliphatic rings. The van der Waals surface area contributed by atoms with E-state index in [2.05, 4.69) is 17.9 Å². The van der Waals surface area contributed by atoms with E-state index in [1.54, 1.807) is 0 Å². The number of hydrogen-bond acceptors (Lipinski definition) is 3. The summed E-state index contributed by atoms with van der Waals surface area (Å²) in [6.45, 7) is 3.20. The first-order valence-corrected chi connectivity index (χ1v) is 6.31. The summed E-state index contributed by atoms with van der Waals surface area (Å²) in [6, 6.07) is 8.08. The van der Waals surface area contributed by atoms with Crippen LogP contribution in [0.15, 0.2) is 24.3 Å². The van der Waals surface area contributed by atoms with E-state index < -0.39 is 11.6 Å². The number of aliphatic hydroxyl groups is 1. The molecule has 2 N–H and O–H groups in total. The third-order valence-electron chi connectivity index (χ3n) is 3.53. The Hall–Kier alpha value is -1.55. The van der Waals surface area contributed by atoms with Gasteiger partial charge in [0.15, 0.2) is 0 Å². The number of carbonyl (C=O) groups is 1. The highest BCUT2D eigenvalue weighted by molar-refractivity contribution is 5.68. The molecule has 0 radical (unpaired) electrons. The van der Waals surface area contributed by atoms with Crippen LogP contribution in [0.25, 0.3) is 0 Å². The number of benzene rings is 1. The molecule has 0 aliphatic carbocycles. The molecule has 1 fully saturated rings. The predicted molar refractivity (Wildman–Crippen MR) is 69.9 cm³/mol. The Bertz CT molecular complexity index is 446. The lowest BCUT2D eigenvalue weighted by molar-refractivity contribution is -0.141. The molecule has 98 valence electrons. The van der Waals surface area contributed by atoms with Gasteiger partial charge in [0.1, 0.15) is 0 Å². The average Bonchev–Trinajstić information content (AvgIpc) is 2.70. The van der Waals surface area contributed by atoms with Gasteiger partial charge in [-0.3, -0.25) is 4.79 Å². The molecule has 0 bridgehead atoms. The highest BCUT2D eigenvalue weighted by Gasteiger charge is 2.38. The molecule has 0 saturated carbocycles. The molecule has 18 heavy (non-hydrogen) atoms. The van der Waals surface area contributed by atoms with Crippen LogP contribution < -0.4 is 4.90 Å². The Labute approximate surface area is 107 Å². The maximum absolute atomic E-state index is 10.7. The van der Waals surface area contributed by atoms with Gasteiger partial charge in [-0.15, -0.1) is 0 Å². The van der Waals surface area contributed by atoms with Crippen molar-refractivity contribution in [2.45, 2.75) is 31.8 Å². The first-order chi connectivity index (χ1) is 8.54. The van der Waals surface area contributed by atoms with E-state index in [9.17, 15) is 9.90 Å². The topological polar surface area (TPSA) is 60.8 Å². The van der Waals surface area contributed by atoms with E-state index in [1.807, 2.05) is 18.2 Å². The maximum Gasteiger partial charge on any atom is 0.306 e. The Morgan fingerprint density at radius 3 is 2.83 bits per heavy atom. The standard InChI is InChI=1S/C14H19NO3/c1-2-11-5-3-4-6-12(11)15-8-7-14(18,10-15)9-13(16)17/h3-6,18H,2,7-10H2,1H3,(H,16,17). The second kappa shape index (κ2) is 4.98. The molecule has 1 heterocycles. The van der Waals surface area contributed by atoms with Crippen LogP contribution in [0.1, 0.15) is 25.3 Å². The summed E-state index contributed by atoms with van der Waals surface area (Å²) < 4.78 is 0. The third kappa shape index (κ3) is 2.64. The Balaban J connectivity index is 2.15. The lowest BCUT2D eigenvalue weighted by atomic mass is 9.99. The second-order valence-corrected chi connectivity index (χ2v) is 4.95. The molecule has 0 amide bonds. The fourth-order valence-corrected chi connectivity index (χ4v) is 2.61. The largest absolute Gasteiger partial charge is 0.481 e. The summed E-state index contributed by atoms with van der Waals surface area (Å²) in [5, 5.41) is 19.1. The number of anilines is 1. The van der Waals surface area contributed by atoms with Gasteiger partial charge in [-0.05, 0) is 24.5 Å². The molecule has 1 unspecified atom stereocenters. The highest BCUT2D eigenvalue weighted by Crippen LogP contribution is 2.31. The number of hydrogen-bond donors (Lipinski definition) is 2. The Morgan fingerprint density at radius 2 is 2.17 bits per heavy atom. The fourth-order valence-electron chi connectivity index (χ4n) is 2.61. The first kappa shape index (κ1) is 12.9. The molecule has 1 atom stereocenters. The van der Waals surface area contributed by atoms with Crippen molar-refractivity contribution >= 4 is 11.7 Å². The molecular weight excluding hydrogens is 230 g/mol. The van der Waals surface area contributed by atoms with Gasteiger partial charge < -0.3 is 15.1 Å². The monoisotopic (exact) mass is 249 g/mol. The number of carboxylic acids is 1. The van der Waals surface area contributed by atoms with E-state index in [0.717, 1.165) is 12.1 Å². The van der Waals surface area contributed by atoms with E-state index >= 15 is 0 Å². The summed E-state index contributed by atoms with van der Waals surface area (Å²) in [4.78, 5) is 12.8. The van der Waals surface area contributed by atoms with E-state index in [0.29, 0.717) is 19.5 Å². The van der Waals surface area contributed by atoms with Crippen LogP contribution in [-0.2, 0) is 11.2 Å². The van der Waals surface area contributed by atoms with Crippen LogP contribution >= 0.6 is 0 Å². The number of rotatable bonds is 4. The normalized spacial score (nSPS) is 23.3. The zero-order valence-corrected chi connectivity index (χ0v) is 10.6. The number of carboxylic acid groups (broad SMARTS) is 1. The third-order valence-corrected chi connectivity index (χ3v) is 3.53. The van der Waals surface area contributed by atoms with Gasteiger partial charge in [0.2, 0.25) is 0 Å². The summed E-state index contributed by atoms with van der Waals surface area (Å²) >= 11 is 0. The van der Waals surface area contributed by atoms with Gasteiger partial charge in [0.05, 0.1) is 12.0 Å². The lowest BCUT2D eigenvalue weighted by Crippen LogP contribution is -2.35. The summed E-state index contributed by atoms with van der Waals surface area (Å²) in [5.74, 6) is -0.942. The first-order valence-electron chi connectivity index (χ1n) is 6.31. The van der Waals surface area contributed by atoms with Crippen LogP contribution in [0, 0.1) is 0 Å². The van der Waals surface area contributed by atoms with E-state index in [1.165, 1.54) is 5.56 Å². The molecule has 1 saturated heterocycles. The molecule has 1 aromatic rings. The number of aryl methyl sites for hydroxylation is 1. The van der Waals surface area contributed by atoms with Crippen molar-refractivity contribution < 1.29 is 15.0 Å². The minimum absolute atomic E-state index is 0.183. The smallest absolute Gasteiger partial charge is 0.306 e. The fraction of sp³-hybridized carbons (Fsp3) is 0.500. The zero-order valence-electron chi connectivity index (χ0n) is 10.6. The number of nitrogens with zero attached hydrogens (tertiary/aromatic N) is 1.